The normalized spacial score (nSPS) is 11.2. The summed E-state index contributed by atoms with van der Waals surface area (Å²) in [6.45, 7) is 10.1. The molecule has 0 saturated heterocycles. The fourth-order valence-electron chi connectivity index (χ4n) is 1.35. The van der Waals surface area contributed by atoms with Crippen LogP contribution in [0, 0.1) is 0 Å². The molecule has 0 aliphatic carbocycles. The first-order chi connectivity index (χ1) is 8.84. The van der Waals surface area contributed by atoms with Crippen molar-refractivity contribution >= 4 is 27.9 Å². The van der Waals surface area contributed by atoms with Crippen molar-refractivity contribution in [3.63, 3.8) is 0 Å². The van der Waals surface area contributed by atoms with E-state index in [-0.39, 0.29) is 12.0 Å². The van der Waals surface area contributed by atoms with Gasteiger partial charge in [0.15, 0.2) is 0 Å². The molecule has 0 aromatic heterocycles. The van der Waals surface area contributed by atoms with Gasteiger partial charge in [0.25, 0.3) is 0 Å². The lowest BCUT2D eigenvalue weighted by Gasteiger charge is -2.19. The third kappa shape index (κ3) is 5.28. The SMILES string of the molecule is C=CCN(SSc1ccc(C(C)(C)C)cc1)C(=O)F. The lowest BCUT2D eigenvalue weighted by Crippen LogP contribution is -2.17. The summed E-state index contributed by atoms with van der Waals surface area (Å²) in [5.74, 6) is 0. The van der Waals surface area contributed by atoms with Gasteiger partial charge in [-0.25, -0.2) is 9.10 Å². The van der Waals surface area contributed by atoms with Crippen LogP contribution in [-0.2, 0) is 5.41 Å². The van der Waals surface area contributed by atoms with Gasteiger partial charge in [0.2, 0.25) is 0 Å². The molecule has 0 N–H and O–H groups in total. The molecule has 104 valence electrons. The predicted octanol–water partition coefficient (Wildman–Crippen LogP) is 5.22. The van der Waals surface area contributed by atoms with Gasteiger partial charge >= 0.3 is 6.16 Å². The molecule has 0 aliphatic rings. The first kappa shape index (κ1) is 16.1. The van der Waals surface area contributed by atoms with Gasteiger partial charge in [0.1, 0.15) is 0 Å². The minimum absolute atomic E-state index is 0.111. The minimum atomic E-state index is -1.45. The van der Waals surface area contributed by atoms with Crippen LogP contribution in [0.1, 0.15) is 26.3 Å². The van der Waals surface area contributed by atoms with Crippen molar-refractivity contribution < 1.29 is 9.18 Å². The number of benzene rings is 1. The summed E-state index contributed by atoms with van der Waals surface area (Å²) in [5, 5.41) is 0. The van der Waals surface area contributed by atoms with Crippen molar-refractivity contribution in [1.82, 2.24) is 4.31 Å². The van der Waals surface area contributed by atoms with E-state index in [4.69, 9.17) is 0 Å². The monoisotopic (exact) mass is 299 g/mol. The van der Waals surface area contributed by atoms with E-state index in [0.717, 1.165) is 20.2 Å². The first-order valence-electron chi connectivity index (χ1n) is 5.87. The second-order valence-corrected chi connectivity index (χ2v) is 7.21. The van der Waals surface area contributed by atoms with Gasteiger partial charge in [0.05, 0.1) is 6.54 Å². The predicted molar refractivity (Wildman–Crippen MR) is 82.0 cm³/mol. The highest BCUT2D eigenvalue weighted by Crippen LogP contribution is 2.35. The van der Waals surface area contributed by atoms with E-state index >= 15 is 0 Å². The molecule has 0 heterocycles. The molecule has 0 radical (unpaired) electrons. The number of rotatable bonds is 5. The van der Waals surface area contributed by atoms with Gasteiger partial charge in [-0.15, -0.1) is 11.0 Å². The quantitative estimate of drug-likeness (QED) is 0.244. The molecule has 1 aromatic carbocycles. The summed E-state index contributed by atoms with van der Waals surface area (Å²) in [7, 11) is 2.42. The van der Waals surface area contributed by atoms with E-state index < -0.39 is 6.16 Å². The molecule has 0 aliphatic heterocycles. The zero-order chi connectivity index (χ0) is 14.5. The fourth-order valence-corrected chi connectivity index (χ4v) is 3.22. The van der Waals surface area contributed by atoms with Crippen LogP contribution in [-0.4, -0.2) is 17.0 Å². The summed E-state index contributed by atoms with van der Waals surface area (Å²) in [6.07, 6.45) is 0.0389. The Balaban J connectivity index is 2.63. The second kappa shape index (κ2) is 7.01. The number of halogens is 1. The molecule has 1 rings (SSSR count). The molecule has 1 aromatic rings. The summed E-state index contributed by atoms with van der Waals surface area (Å²) in [5.41, 5.74) is 1.35. The summed E-state index contributed by atoms with van der Waals surface area (Å²) < 4.78 is 13.7. The van der Waals surface area contributed by atoms with Crippen molar-refractivity contribution in [2.24, 2.45) is 0 Å². The maximum atomic E-state index is 12.7. The van der Waals surface area contributed by atoms with Crippen LogP contribution in [0.25, 0.3) is 0 Å². The van der Waals surface area contributed by atoms with E-state index in [0.29, 0.717) is 0 Å². The Labute approximate surface area is 122 Å². The maximum Gasteiger partial charge on any atom is 0.411 e. The van der Waals surface area contributed by atoms with Crippen molar-refractivity contribution in [3.8, 4) is 0 Å². The smallest absolute Gasteiger partial charge is 0.244 e. The topological polar surface area (TPSA) is 20.3 Å². The van der Waals surface area contributed by atoms with E-state index in [1.807, 2.05) is 12.1 Å². The Morgan fingerprint density at radius 1 is 1.37 bits per heavy atom. The molecule has 0 spiro atoms. The second-order valence-electron chi connectivity index (χ2n) is 5.03. The van der Waals surface area contributed by atoms with Crippen molar-refractivity contribution in [3.05, 3.63) is 42.5 Å². The Morgan fingerprint density at radius 3 is 2.37 bits per heavy atom. The first-order valence-corrected chi connectivity index (χ1v) is 7.98. The highest BCUT2D eigenvalue weighted by atomic mass is 33.1. The van der Waals surface area contributed by atoms with Gasteiger partial charge in [-0.1, -0.05) is 39.0 Å². The number of carbonyl (C=O) groups excluding carboxylic acids is 1. The highest BCUT2D eigenvalue weighted by Gasteiger charge is 2.14. The third-order valence-corrected chi connectivity index (χ3v) is 4.79. The Hall–Kier alpha value is -0.940. The van der Waals surface area contributed by atoms with Crippen LogP contribution >= 0.6 is 21.8 Å². The minimum Gasteiger partial charge on any atom is -0.244 e. The lowest BCUT2D eigenvalue weighted by atomic mass is 9.87. The largest absolute Gasteiger partial charge is 0.411 e. The molecule has 5 heteroatoms. The van der Waals surface area contributed by atoms with Crippen molar-refractivity contribution in [2.75, 3.05) is 6.54 Å². The van der Waals surface area contributed by atoms with Crippen LogP contribution in [0.15, 0.2) is 41.8 Å². The Kier molecular flexibility index (Phi) is 5.94. The lowest BCUT2D eigenvalue weighted by molar-refractivity contribution is 0.207. The molecule has 0 fully saturated rings. The standard InChI is InChI=1S/C14H18FNOS2/c1-5-10-16(13(15)17)19-18-12-8-6-11(7-9-12)14(2,3)4/h5-9H,1,10H2,2-4H3. The number of nitrogens with zero attached hydrogens (tertiary/aromatic N) is 1. The average Bonchev–Trinajstić information content (AvgIpc) is 2.33. The number of hydrogen-bond acceptors (Lipinski definition) is 3. The van der Waals surface area contributed by atoms with Crippen LogP contribution in [0.5, 0.6) is 0 Å². The van der Waals surface area contributed by atoms with E-state index in [1.165, 1.54) is 22.4 Å². The number of amides is 1. The Morgan fingerprint density at radius 2 is 1.95 bits per heavy atom. The van der Waals surface area contributed by atoms with Crippen LogP contribution in [0.4, 0.5) is 9.18 Å². The van der Waals surface area contributed by atoms with Gasteiger partial charge in [-0.2, -0.15) is 0 Å². The van der Waals surface area contributed by atoms with Crippen LogP contribution < -0.4 is 0 Å². The average molecular weight is 299 g/mol. The molecule has 0 atom stereocenters. The van der Waals surface area contributed by atoms with Gasteiger partial charge < -0.3 is 0 Å². The zero-order valence-electron chi connectivity index (χ0n) is 11.4. The molecular formula is C14H18FNOS2. The van der Waals surface area contributed by atoms with Crippen molar-refractivity contribution in [1.29, 1.82) is 0 Å². The van der Waals surface area contributed by atoms with E-state index in [9.17, 15) is 9.18 Å². The Bertz CT molecular complexity index is 440. The summed E-state index contributed by atoms with van der Waals surface area (Å²) in [4.78, 5) is 11.7. The molecule has 0 saturated carbocycles. The van der Waals surface area contributed by atoms with Crippen molar-refractivity contribution in [2.45, 2.75) is 31.1 Å². The summed E-state index contributed by atoms with van der Waals surface area (Å²) in [6, 6.07) is 8.07. The molecule has 19 heavy (non-hydrogen) atoms. The van der Waals surface area contributed by atoms with E-state index in [2.05, 4.69) is 39.5 Å². The molecular weight excluding hydrogens is 281 g/mol. The highest BCUT2D eigenvalue weighted by molar-refractivity contribution is 8.75. The van der Waals surface area contributed by atoms with E-state index in [1.54, 1.807) is 0 Å². The fraction of sp³-hybridized carbons (Fsp3) is 0.357. The van der Waals surface area contributed by atoms with Gasteiger partial charge in [0, 0.05) is 15.9 Å². The van der Waals surface area contributed by atoms with Gasteiger partial charge in [-0.3, -0.25) is 0 Å². The van der Waals surface area contributed by atoms with Crippen LogP contribution in [0.2, 0.25) is 0 Å². The number of hydrogen-bond donors (Lipinski definition) is 0. The van der Waals surface area contributed by atoms with Gasteiger partial charge in [-0.05, 0) is 33.9 Å². The zero-order valence-corrected chi connectivity index (χ0v) is 13.0. The molecule has 0 unspecified atom stereocenters. The van der Waals surface area contributed by atoms with Crippen LogP contribution in [0.3, 0.4) is 0 Å². The number of carbonyl (C=O) groups is 1. The molecule has 2 nitrogen and oxygen atoms in total. The molecule has 0 bridgehead atoms. The molecule has 1 amide bonds. The third-order valence-electron chi connectivity index (χ3n) is 2.43. The maximum absolute atomic E-state index is 12.7. The summed E-state index contributed by atoms with van der Waals surface area (Å²) >= 11 is 0.